The maximum atomic E-state index is 13.0. The third kappa shape index (κ3) is 2.92. The maximum absolute atomic E-state index is 13.0. The van der Waals surface area contributed by atoms with Crippen molar-refractivity contribution in [2.45, 2.75) is 57.5 Å². The van der Waals surface area contributed by atoms with Crippen LogP contribution in [0.3, 0.4) is 0 Å². The van der Waals surface area contributed by atoms with Gasteiger partial charge in [-0.1, -0.05) is 38.1 Å². The molecular formula is C20H23N3O2S. The molecule has 2 aliphatic rings. The fourth-order valence-corrected chi connectivity index (χ4v) is 4.29. The van der Waals surface area contributed by atoms with Crippen molar-refractivity contribution in [3.63, 3.8) is 0 Å². The molecule has 1 aliphatic heterocycles. The van der Waals surface area contributed by atoms with E-state index < -0.39 is 5.54 Å². The quantitative estimate of drug-likeness (QED) is 0.807. The minimum Gasteiger partial charge on any atom is -0.319 e. The molecule has 0 bridgehead atoms. The zero-order valence-electron chi connectivity index (χ0n) is 15.3. The number of aromatic nitrogens is 1. The van der Waals surface area contributed by atoms with E-state index in [2.05, 4.69) is 24.1 Å². The van der Waals surface area contributed by atoms with Crippen molar-refractivity contribution in [2.75, 3.05) is 0 Å². The number of hydrogen-bond donors (Lipinski definition) is 1. The SMILES string of the molecule is CC(C)c1ccc(C2(C)NC(=O)N(Cc3csc(C4CC4)n3)C2=O)cc1. The van der Waals surface area contributed by atoms with E-state index >= 15 is 0 Å². The highest BCUT2D eigenvalue weighted by molar-refractivity contribution is 7.09. The normalized spacial score (nSPS) is 23.0. The Morgan fingerprint density at radius 2 is 1.96 bits per heavy atom. The number of nitrogens with zero attached hydrogens (tertiary/aromatic N) is 2. The number of amides is 3. The number of benzene rings is 1. The third-order valence-electron chi connectivity index (χ3n) is 5.25. The molecule has 1 atom stereocenters. The number of carbonyl (C=O) groups is 2. The zero-order chi connectivity index (χ0) is 18.5. The fraction of sp³-hybridized carbons (Fsp3) is 0.450. The minimum atomic E-state index is -1.03. The molecule has 1 aromatic carbocycles. The van der Waals surface area contributed by atoms with Gasteiger partial charge in [0.25, 0.3) is 5.91 Å². The van der Waals surface area contributed by atoms with Gasteiger partial charge in [0, 0.05) is 11.3 Å². The molecule has 5 nitrogen and oxygen atoms in total. The average molecular weight is 369 g/mol. The number of urea groups is 1. The van der Waals surface area contributed by atoms with Crippen molar-refractivity contribution in [3.8, 4) is 0 Å². The number of rotatable bonds is 5. The molecule has 1 unspecified atom stereocenters. The van der Waals surface area contributed by atoms with Crippen LogP contribution in [0.25, 0.3) is 0 Å². The first-order valence-corrected chi connectivity index (χ1v) is 9.95. The van der Waals surface area contributed by atoms with Crippen LogP contribution in [0.4, 0.5) is 4.79 Å². The fourth-order valence-electron chi connectivity index (χ4n) is 3.31. The number of hydrogen-bond acceptors (Lipinski definition) is 4. The van der Waals surface area contributed by atoms with E-state index in [4.69, 9.17) is 0 Å². The van der Waals surface area contributed by atoms with Gasteiger partial charge in [-0.2, -0.15) is 0 Å². The summed E-state index contributed by atoms with van der Waals surface area (Å²) in [5.41, 5.74) is 1.78. The Bertz CT molecular complexity index is 854. The number of carbonyl (C=O) groups excluding carboxylic acids is 2. The lowest BCUT2D eigenvalue weighted by atomic mass is 9.90. The Balaban J connectivity index is 1.55. The van der Waals surface area contributed by atoms with Crippen molar-refractivity contribution < 1.29 is 9.59 Å². The third-order valence-corrected chi connectivity index (χ3v) is 6.30. The van der Waals surface area contributed by atoms with E-state index in [1.54, 1.807) is 18.3 Å². The Morgan fingerprint density at radius 3 is 2.58 bits per heavy atom. The monoisotopic (exact) mass is 369 g/mol. The predicted molar refractivity (Wildman–Crippen MR) is 101 cm³/mol. The Labute approximate surface area is 157 Å². The minimum absolute atomic E-state index is 0.222. The summed E-state index contributed by atoms with van der Waals surface area (Å²) in [6.45, 7) is 6.26. The lowest BCUT2D eigenvalue weighted by Crippen LogP contribution is -2.40. The molecule has 1 aromatic heterocycles. The summed E-state index contributed by atoms with van der Waals surface area (Å²) in [5, 5.41) is 5.95. The molecule has 0 radical (unpaired) electrons. The van der Waals surface area contributed by atoms with Crippen LogP contribution < -0.4 is 5.32 Å². The van der Waals surface area contributed by atoms with Crippen LogP contribution in [0, 0.1) is 0 Å². The summed E-state index contributed by atoms with van der Waals surface area (Å²) in [5.74, 6) is 0.787. The standard InChI is InChI=1S/C20H23N3O2S/c1-12(2)13-6-8-15(9-7-13)20(3)18(24)23(19(25)22-20)10-16-11-26-17(21-16)14-4-5-14/h6-9,11-12,14H,4-5,10H2,1-3H3,(H,22,25). The molecular weight excluding hydrogens is 346 g/mol. The van der Waals surface area contributed by atoms with Crippen LogP contribution in [-0.2, 0) is 16.9 Å². The van der Waals surface area contributed by atoms with Crippen molar-refractivity contribution >= 4 is 23.3 Å². The van der Waals surface area contributed by atoms with E-state index in [1.165, 1.54) is 23.3 Å². The first-order valence-electron chi connectivity index (χ1n) is 9.07. The van der Waals surface area contributed by atoms with E-state index in [0.717, 1.165) is 16.3 Å². The molecule has 26 heavy (non-hydrogen) atoms. The van der Waals surface area contributed by atoms with Crippen molar-refractivity contribution in [3.05, 3.63) is 51.5 Å². The molecule has 6 heteroatoms. The van der Waals surface area contributed by atoms with Gasteiger partial charge in [0.05, 0.1) is 17.2 Å². The predicted octanol–water partition coefficient (Wildman–Crippen LogP) is 4.11. The topological polar surface area (TPSA) is 62.3 Å². The zero-order valence-corrected chi connectivity index (χ0v) is 16.1. The van der Waals surface area contributed by atoms with Crippen molar-refractivity contribution in [2.24, 2.45) is 0 Å². The smallest absolute Gasteiger partial charge is 0.319 e. The van der Waals surface area contributed by atoms with Crippen LogP contribution in [0.15, 0.2) is 29.6 Å². The van der Waals surface area contributed by atoms with Gasteiger partial charge < -0.3 is 5.32 Å². The van der Waals surface area contributed by atoms with Crippen LogP contribution >= 0.6 is 11.3 Å². The highest BCUT2D eigenvalue weighted by Gasteiger charge is 2.49. The second kappa shape index (κ2) is 6.20. The summed E-state index contributed by atoms with van der Waals surface area (Å²) in [6, 6.07) is 7.56. The van der Waals surface area contributed by atoms with E-state index in [9.17, 15) is 9.59 Å². The second-order valence-electron chi connectivity index (χ2n) is 7.67. The molecule has 1 saturated heterocycles. The molecule has 1 saturated carbocycles. The van der Waals surface area contributed by atoms with Gasteiger partial charge in [0.1, 0.15) is 5.54 Å². The van der Waals surface area contributed by atoms with Gasteiger partial charge in [-0.15, -0.1) is 11.3 Å². The first-order chi connectivity index (χ1) is 12.4. The Morgan fingerprint density at radius 1 is 1.27 bits per heavy atom. The number of imide groups is 1. The molecule has 2 heterocycles. The molecule has 1 N–H and O–H groups in total. The van der Waals surface area contributed by atoms with E-state index in [1.807, 2.05) is 29.6 Å². The Kier molecular flexibility index (Phi) is 4.10. The van der Waals surface area contributed by atoms with Gasteiger partial charge >= 0.3 is 6.03 Å². The van der Waals surface area contributed by atoms with Crippen molar-refractivity contribution in [1.82, 2.24) is 15.2 Å². The molecule has 136 valence electrons. The molecule has 0 spiro atoms. The van der Waals surface area contributed by atoms with Crippen molar-refractivity contribution in [1.29, 1.82) is 0 Å². The summed E-state index contributed by atoms with van der Waals surface area (Å²) in [4.78, 5) is 31.4. The van der Waals surface area contributed by atoms with E-state index in [0.29, 0.717) is 11.8 Å². The summed E-state index contributed by atoms with van der Waals surface area (Å²) < 4.78 is 0. The lowest BCUT2D eigenvalue weighted by Gasteiger charge is -2.22. The molecule has 3 amide bonds. The van der Waals surface area contributed by atoms with Crippen LogP contribution in [0.2, 0.25) is 0 Å². The van der Waals surface area contributed by atoms with Gasteiger partial charge in [0.15, 0.2) is 0 Å². The highest BCUT2D eigenvalue weighted by atomic mass is 32.1. The molecule has 2 fully saturated rings. The number of nitrogens with one attached hydrogen (secondary N) is 1. The largest absolute Gasteiger partial charge is 0.325 e. The van der Waals surface area contributed by atoms with E-state index in [-0.39, 0.29) is 18.5 Å². The van der Waals surface area contributed by atoms with Gasteiger partial charge in [-0.3, -0.25) is 9.69 Å². The average Bonchev–Trinajstić information content (AvgIpc) is 3.32. The molecule has 1 aliphatic carbocycles. The first kappa shape index (κ1) is 17.2. The summed E-state index contributed by atoms with van der Waals surface area (Å²) >= 11 is 1.63. The molecule has 2 aromatic rings. The van der Waals surface area contributed by atoms with Crippen LogP contribution in [0.5, 0.6) is 0 Å². The van der Waals surface area contributed by atoms with Gasteiger partial charge in [-0.05, 0) is 36.8 Å². The maximum Gasteiger partial charge on any atom is 0.325 e. The highest BCUT2D eigenvalue weighted by Crippen LogP contribution is 2.41. The van der Waals surface area contributed by atoms with Crippen LogP contribution in [0.1, 0.15) is 67.3 Å². The van der Waals surface area contributed by atoms with Gasteiger partial charge in [-0.25, -0.2) is 9.78 Å². The van der Waals surface area contributed by atoms with Gasteiger partial charge in [0.2, 0.25) is 0 Å². The second-order valence-corrected chi connectivity index (χ2v) is 8.56. The molecule has 4 rings (SSSR count). The van der Waals surface area contributed by atoms with Crippen LogP contribution in [-0.4, -0.2) is 21.8 Å². The summed E-state index contributed by atoms with van der Waals surface area (Å²) in [6.07, 6.45) is 2.39. The Hall–Kier alpha value is -2.21. The number of thiazole rings is 1. The lowest BCUT2D eigenvalue weighted by molar-refractivity contribution is -0.131. The summed E-state index contributed by atoms with van der Waals surface area (Å²) in [7, 11) is 0.